The van der Waals surface area contributed by atoms with Crippen LogP contribution in [0.5, 0.6) is 0 Å². The van der Waals surface area contributed by atoms with Crippen LogP contribution < -0.4 is 5.32 Å². The first-order chi connectivity index (χ1) is 11.4. The van der Waals surface area contributed by atoms with Crippen molar-refractivity contribution in [3.05, 3.63) is 77.9 Å². The number of piperidine rings is 1. The molecule has 2 saturated heterocycles. The zero-order chi connectivity index (χ0) is 15.5. The minimum Gasteiger partial charge on any atom is -0.349 e. The van der Waals surface area contributed by atoms with E-state index in [1.807, 2.05) is 12.1 Å². The molecular formula is C20H22ClNO2. The number of benzene rings is 2. The summed E-state index contributed by atoms with van der Waals surface area (Å²) < 4.78 is 11.9. The quantitative estimate of drug-likeness (QED) is 0.922. The van der Waals surface area contributed by atoms with Gasteiger partial charge in [0.2, 0.25) is 0 Å². The number of hydrogen-bond acceptors (Lipinski definition) is 3. The van der Waals surface area contributed by atoms with Crippen molar-refractivity contribution in [3.8, 4) is 0 Å². The number of nitrogens with one attached hydrogen (secondary N) is 1. The second-order valence-corrected chi connectivity index (χ2v) is 6.13. The summed E-state index contributed by atoms with van der Waals surface area (Å²) >= 11 is 0. The van der Waals surface area contributed by atoms with Crippen molar-refractivity contribution in [3.63, 3.8) is 0 Å². The fraction of sp³-hybridized carbons (Fsp3) is 0.300. The molecule has 0 radical (unpaired) electrons. The van der Waals surface area contributed by atoms with Gasteiger partial charge in [0, 0.05) is 6.54 Å². The molecule has 4 heteroatoms. The molecule has 0 aromatic heterocycles. The molecule has 2 atom stereocenters. The van der Waals surface area contributed by atoms with Gasteiger partial charge in [0.25, 0.3) is 0 Å². The summed E-state index contributed by atoms with van der Waals surface area (Å²) in [5.74, 6) is 0. The first-order valence-electron chi connectivity index (χ1n) is 8.17. The van der Waals surface area contributed by atoms with Crippen molar-refractivity contribution in [2.75, 3.05) is 19.9 Å². The van der Waals surface area contributed by atoms with Gasteiger partial charge < -0.3 is 14.8 Å². The molecule has 126 valence electrons. The summed E-state index contributed by atoms with van der Waals surface area (Å²) in [6, 6.07) is 21.0. The maximum Gasteiger partial charge on any atom is 0.148 e. The van der Waals surface area contributed by atoms with Crippen LogP contribution in [0.15, 0.2) is 66.7 Å². The van der Waals surface area contributed by atoms with Crippen molar-refractivity contribution >= 4 is 18.0 Å². The normalized spacial score (nSPS) is 25.4. The Bertz CT molecular complexity index is 648. The third-order valence-electron chi connectivity index (χ3n) is 4.68. The summed E-state index contributed by atoms with van der Waals surface area (Å²) in [4.78, 5) is 0. The second kappa shape index (κ2) is 7.49. The van der Waals surface area contributed by atoms with Crippen molar-refractivity contribution < 1.29 is 9.47 Å². The number of ether oxygens (including phenoxy) is 2. The lowest BCUT2D eigenvalue weighted by atomic mass is 9.85. The highest BCUT2D eigenvalue weighted by Gasteiger charge is 2.46. The number of fused-ring (bicyclic) bond motifs is 1. The van der Waals surface area contributed by atoms with Crippen LogP contribution in [0.3, 0.4) is 0 Å². The van der Waals surface area contributed by atoms with Crippen molar-refractivity contribution in [2.45, 2.75) is 18.1 Å². The molecule has 4 rings (SSSR count). The topological polar surface area (TPSA) is 30.5 Å². The average molecular weight is 344 g/mol. The minimum absolute atomic E-state index is 0. The summed E-state index contributed by atoms with van der Waals surface area (Å²) in [7, 11) is 0. The van der Waals surface area contributed by atoms with Crippen molar-refractivity contribution in [1.82, 2.24) is 5.32 Å². The first-order valence-corrected chi connectivity index (χ1v) is 8.17. The third kappa shape index (κ3) is 3.26. The highest BCUT2D eigenvalue weighted by Crippen LogP contribution is 2.36. The van der Waals surface area contributed by atoms with E-state index in [-0.39, 0.29) is 24.1 Å². The largest absolute Gasteiger partial charge is 0.349 e. The Balaban J connectivity index is 0.00000169. The van der Waals surface area contributed by atoms with Crippen LogP contribution in [-0.4, -0.2) is 31.6 Å². The maximum atomic E-state index is 6.06. The summed E-state index contributed by atoms with van der Waals surface area (Å²) in [6.45, 7) is 2.15. The van der Waals surface area contributed by atoms with E-state index in [4.69, 9.17) is 9.47 Å². The molecule has 0 bridgehead atoms. The van der Waals surface area contributed by atoms with E-state index in [9.17, 15) is 0 Å². The summed E-state index contributed by atoms with van der Waals surface area (Å²) in [5.41, 5.74) is 3.23. The Morgan fingerprint density at radius 3 is 2.25 bits per heavy atom. The predicted molar refractivity (Wildman–Crippen MR) is 98.3 cm³/mol. The van der Waals surface area contributed by atoms with Gasteiger partial charge >= 0.3 is 0 Å². The molecule has 0 amide bonds. The smallest absolute Gasteiger partial charge is 0.148 e. The molecule has 2 aromatic rings. The number of halogens is 1. The lowest BCUT2D eigenvalue weighted by Crippen LogP contribution is -2.52. The third-order valence-corrected chi connectivity index (χ3v) is 4.68. The molecule has 2 fully saturated rings. The van der Waals surface area contributed by atoms with Gasteiger partial charge in [0.1, 0.15) is 12.4 Å². The molecule has 2 heterocycles. The molecule has 2 aliphatic heterocycles. The summed E-state index contributed by atoms with van der Waals surface area (Å²) in [6.07, 6.45) is 3.38. The van der Waals surface area contributed by atoms with E-state index in [0.29, 0.717) is 6.79 Å². The van der Waals surface area contributed by atoms with Gasteiger partial charge in [0.15, 0.2) is 0 Å². The van der Waals surface area contributed by atoms with Gasteiger partial charge in [-0.3, -0.25) is 0 Å². The fourth-order valence-corrected chi connectivity index (χ4v) is 3.47. The first kappa shape index (κ1) is 17.2. The van der Waals surface area contributed by atoms with Crippen molar-refractivity contribution in [2.24, 2.45) is 0 Å². The van der Waals surface area contributed by atoms with Crippen LogP contribution in [0.2, 0.25) is 0 Å². The molecule has 0 spiro atoms. The lowest BCUT2D eigenvalue weighted by molar-refractivity contribution is 0.0175. The molecule has 3 nitrogen and oxygen atoms in total. The van der Waals surface area contributed by atoms with Crippen LogP contribution in [0, 0.1) is 0 Å². The Hall–Kier alpha value is -1.65. The van der Waals surface area contributed by atoms with E-state index in [2.05, 4.69) is 59.9 Å². The van der Waals surface area contributed by atoms with Crippen LogP contribution in [0.1, 0.15) is 17.5 Å². The molecule has 0 saturated carbocycles. The van der Waals surface area contributed by atoms with Crippen LogP contribution in [0.25, 0.3) is 5.57 Å². The molecule has 24 heavy (non-hydrogen) atoms. The Morgan fingerprint density at radius 1 is 1.00 bits per heavy atom. The van der Waals surface area contributed by atoms with Gasteiger partial charge in [-0.25, -0.2) is 0 Å². The monoisotopic (exact) mass is 343 g/mol. The molecule has 1 N–H and O–H groups in total. The summed E-state index contributed by atoms with van der Waals surface area (Å²) in [5, 5.41) is 3.46. The lowest BCUT2D eigenvalue weighted by Gasteiger charge is -2.35. The van der Waals surface area contributed by atoms with Gasteiger partial charge in [-0.15, -0.1) is 12.4 Å². The molecular weight excluding hydrogens is 322 g/mol. The zero-order valence-corrected chi connectivity index (χ0v) is 14.3. The maximum absolute atomic E-state index is 6.06. The zero-order valence-electron chi connectivity index (χ0n) is 13.5. The Labute approximate surface area is 149 Å². The molecule has 2 unspecified atom stereocenters. The second-order valence-electron chi connectivity index (χ2n) is 6.13. The molecule has 0 aliphatic carbocycles. The van der Waals surface area contributed by atoms with Gasteiger partial charge in [0.05, 0.1) is 6.10 Å². The van der Waals surface area contributed by atoms with Gasteiger partial charge in [-0.1, -0.05) is 60.7 Å². The van der Waals surface area contributed by atoms with Gasteiger partial charge in [-0.05, 0) is 35.7 Å². The highest BCUT2D eigenvalue weighted by molar-refractivity contribution is 5.85. The van der Waals surface area contributed by atoms with Crippen molar-refractivity contribution in [1.29, 1.82) is 0 Å². The average Bonchev–Trinajstić information content (AvgIpc) is 3.05. The van der Waals surface area contributed by atoms with Crippen LogP contribution >= 0.6 is 12.4 Å². The predicted octanol–water partition coefficient (Wildman–Crippen LogP) is 3.65. The Kier molecular flexibility index (Phi) is 5.36. The highest BCUT2D eigenvalue weighted by atomic mass is 35.5. The van der Waals surface area contributed by atoms with E-state index in [1.54, 1.807) is 0 Å². The standard InChI is InChI=1S/C20H21NO2.ClH/c1-3-7-16(8-4-1)18(17-9-5-2-6-10-17)13-20-14-21-12-11-19(20)22-15-23-20;/h1-10,13,19,21H,11-12,14-15H2;1H. The minimum atomic E-state index is -0.376. The van der Waals surface area contributed by atoms with Crippen LogP contribution in [-0.2, 0) is 9.47 Å². The van der Waals surface area contributed by atoms with E-state index in [0.717, 1.165) is 19.5 Å². The SMILES string of the molecule is C(=C(c1ccccc1)c1ccccc1)C12CNCCC1OCO2.Cl. The van der Waals surface area contributed by atoms with Gasteiger partial charge in [-0.2, -0.15) is 0 Å². The fourth-order valence-electron chi connectivity index (χ4n) is 3.47. The van der Waals surface area contributed by atoms with E-state index in [1.165, 1.54) is 16.7 Å². The van der Waals surface area contributed by atoms with E-state index < -0.39 is 0 Å². The number of rotatable bonds is 3. The van der Waals surface area contributed by atoms with E-state index >= 15 is 0 Å². The Morgan fingerprint density at radius 2 is 1.62 bits per heavy atom. The van der Waals surface area contributed by atoms with Crippen LogP contribution in [0.4, 0.5) is 0 Å². The molecule has 2 aliphatic rings. The molecule has 2 aromatic carbocycles. The number of hydrogen-bond donors (Lipinski definition) is 1.